The van der Waals surface area contributed by atoms with Crippen LogP contribution in [-0.4, -0.2) is 44.4 Å². The molecule has 0 spiro atoms. The van der Waals surface area contributed by atoms with Gasteiger partial charge in [0.05, 0.1) is 26.5 Å². The molecule has 3 atom stereocenters. The van der Waals surface area contributed by atoms with Crippen molar-refractivity contribution in [2.75, 3.05) is 11.9 Å². The quantitative estimate of drug-likeness (QED) is 0.503. The molecule has 0 radical (unpaired) electrons. The third kappa shape index (κ3) is 4.11. The maximum atomic E-state index is 13.5. The standard InChI is InChI=1S/C21H17BrF3N5OS/c22-14-7-26-20(27-8-14)28-9-15-5-12-6-16(12)30(15)19(31)17-18(32-10-29-17)11-2-1-3-13(4-11)21(23,24)25/h1-4,7-8,10,12,15-16H,5-6,9H2,(H,26,27,28)/t12-,15+,16+/m1/s1. The number of piperidine rings is 1. The van der Waals surface area contributed by atoms with Crippen LogP contribution in [0.3, 0.4) is 0 Å². The van der Waals surface area contributed by atoms with Gasteiger partial charge in [-0.2, -0.15) is 13.2 Å². The van der Waals surface area contributed by atoms with Gasteiger partial charge in [-0.05, 0) is 52.4 Å². The van der Waals surface area contributed by atoms with E-state index >= 15 is 0 Å². The van der Waals surface area contributed by atoms with Gasteiger partial charge in [-0.25, -0.2) is 15.0 Å². The van der Waals surface area contributed by atoms with E-state index in [9.17, 15) is 18.0 Å². The van der Waals surface area contributed by atoms with Crippen LogP contribution in [0.1, 0.15) is 28.9 Å². The normalized spacial score (nSPS) is 22.0. The van der Waals surface area contributed by atoms with E-state index in [1.54, 1.807) is 18.5 Å². The molecule has 3 heterocycles. The van der Waals surface area contributed by atoms with Crippen molar-refractivity contribution < 1.29 is 18.0 Å². The third-order valence-corrected chi connectivity index (χ3v) is 7.07. The number of halogens is 4. The molecule has 1 aliphatic heterocycles. The zero-order valence-electron chi connectivity index (χ0n) is 16.5. The van der Waals surface area contributed by atoms with Gasteiger partial charge in [0, 0.05) is 25.0 Å². The predicted octanol–water partition coefficient (Wildman–Crippen LogP) is 5.10. The van der Waals surface area contributed by atoms with Crippen LogP contribution in [0.15, 0.2) is 46.6 Å². The number of nitrogens with zero attached hydrogens (tertiary/aromatic N) is 4. The van der Waals surface area contributed by atoms with Crippen molar-refractivity contribution in [2.45, 2.75) is 31.1 Å². The second kappa shape index (κ2) is 8.11. The maximum Gasteiger partial charge on any atom is 0.416 e. The molecule has 11 heteroatoms. The molecule has 1 amide bonds. The molecule has 1 aromatic carbocycles. The second-order valence-electron chi connectivity index (χ2n) is 7.88. The van der Waals surface area contributed by atoms with E-state index in [1.807, 2.05) is 4.90 Å². The Kier molecular flexibility index (Phi) is 5.40. The van der Waals surface area contributed by atoms with Crippen molar-refractivity contribution in [1.29, 1.82) is 0 Å². The van der Waals surface area contributed by atoms with Gasteiger partial charge in [-0.15, -0.1) is 11.3 Å². The Labute approximate surface area is 194 Å². The molecule has 1 N–H and O–H groups in total. The number of carbonyl (C=O) groups excluding carboxylic acids is 1. The Morgan fingerprint density at radius 3 is 2.75 bits per heavy atom. The minimum Gasteiger partial charge on any atom is -0.352 e. The Balaban J connectivity index is 1.37. The Bertz CT molecular complexity index is 1150. The molecule has 1 saturated carbocycles. The van der Waals surface area contributed by atoms with E-state index in [2.05, 4.69) is 36.2 Å². The average molecular weight is 524 g/mol. The molecular formula is C21H17BrF3N5OS. The van der Waals surface area contributed by atoms with Crippen LogP contribution >= 0.6 is 27.3 Å². The molecule has 3 aromatic rings. The molecule has 2 fully saturated rings. The highest BCUT2D eigenvalue weighted by molar-refractivity contribution is 9.10. The van der Waals surface area contributed by atoms with Crippen LogP contribution in [-0.2, 0) is 6.18 Å². The zero-order chi connectivity index (χ0) is 22.5. The summed E-state index contributed by atoms with van der Waals surface area (Å²) < 4.78 is 40.3. The van der Waals surface area contributed by atoms with Gasteiger partial charge in [0.1, 0.15) is 5.69 Å². The fraction of sp³-hybridized carbons (Fsp3) is 0.333. The first-order valence-electron chi connectivity index (χ1n) is 9.96. The largest absolute Gasteiger partial charge is 0.416 e. The summed E-state index contributed by atoms with van der Waals surface area (Å²) in [6, 6.07) is 5.11. The number of benzene rings is 1. The van der Waals surface area contributed by atoms with Crippen LogP contribution < -0.4 is 5.32 Å². The average Bonchev–Trinajstić information content (AvgIpc) is 3.20. The van der Waals surface area contributed by atoms with Crippen LogP contribution in [0, 0.1) is 5.92 Å². The lowest BCUT2D eigenvalue weighted by Crippen LogP contribution is -2.42. The molecule has 2 aromatic heterocycles. The summed E-state index contributed by atoms with van der Waals surface area (Å²) >= 11 is 4.47. The van der Waals surface area contributed by atoms with Crippen molar-refractivity contribution in [3.8, 4) is 10.4 Å². The third-order valence-electron chi connectivity index (χ3n) is 5.78. The summed E-state index contributed by atoms with van der Waals surface area (Å²) in [6.07, 6.45) is 0.637. The minimum atomic E-state index is -4.45. The lowest BCUT2D eigenvalue weighted by molar-refractivity contribution is -0.137. The highest BCUT2D eigenvalue weighted by atomic mass is 79.9. The van der Waals surface area contributed by atoms with Crippen LogP contribution in [0.25, 0.3) is 10.4 Å². The number of hydrogen-bond acceptors (Lipinski definition) is 6. The fourth-order valence-electron chi connectivity index (χ4n) is 4.23. The van der Waals surface area contributed by atoms with Gasteiger partial charge in [-0.1, -0.05) is 12.1 Å². The van der Waals surface area contributed by atoms with Gasteiger partial charge in [0.15, 0.2) is 0 Å². The van der Waals surface area contributed by atoms with Crippen molar-refractivity contribution >= 4 is 39.1 Å². The number of carbonyl (C=O) groups is 1. The summed E-state index contributed by atoms with van der Waals surface area (Å²) in [5, 5.41) is 3.18. The molecule has 166 valence electrons. The number of aromatic nitrogens is 3. The minimum absolute atomic E-state index is 0.0606. The Morgan fingerprint density at radius 1 is 1.22 bits per heavy atom. The smallest absolute Gasteiger partial charge is 0.352 e. The number of fused-ring (bicyclic) bond motifs is 1. The molecule has 1 aliphatic carbocycles. The summed E-state index contributed by atoms with van der Waals surface area (Å²) in [4.78, 5) is 28.4. The molecule has 2 aliphatic rings. The van der Waals surface area contributed by atoms with Crippen molar-refractivity contribution in [3.63, 3.8) is 0 Å². The molecule has 1 saturated heterocycles. The summed E-state index contributed by atoms with van der Waals surface area (Å²) in [5.41, 5.74) is 1.30. The number of alkyl halides is 3. The lowest BCUT2D eigenvalue weighted by atomic mass is 10.1. The number of rotatable bonds is 5. The van der Waals surface area contributed by atoms with Crippen LogP contribution in [0.5, 0.6) is 0 Å². The highest BCUT2D eigenvalue weighted by Gasteiger charge is 2.54. The number of amides is 1. The van der Waals surface area contributed by atoms with E-state index in [1.165, 1.54) is 22.9 Å². The molecule has 32 heavy (non-hydrogen) atoms. The Morgan fingerprint density at radius 2 is 2.00 bits per heavy atom. The molecule has 0 bridgehead atoms. The number of hydrogen-bond donors (Lipinski definition) is 1. The highest BCUT2D eigenvalue weighted by Crippen LogP contribution is 2.49. The number of nitrogens with one attached hydrogen (secondary N) is 1. The maximum absolute atomic E-state index is 13.5. The number of anilines is 1. The molecule has 6 nitrogen and oxygen atoms in total. The van der Waals surface area contributed by atoms with Crippen molar-refractivity contribution in [2.24, 2.45) is 5.92 Å². The van der Waals surface area contributed by atoms with Gasteiger partial charge in [0.25, 0.3) is 5.91 Å². The van der Waals surface area contributed by atoms with E-state index < -0.39 is 11.7 Å². The van der Waals surface area contributed by atoms with Gasteiger partial charge >= 0.3 is 6.18 Å². The Hall–Kier alpha value is -2.53. The number of likely N-dealkylation sites (tertiary alicyclic amines) is 1. The summed E-state index contributed by atoms with van der Waals surface area (Å²) in [7, 11) is 0. The molecule has 5 rings (SSSR count). The fourth-order valence-corrected chi connectivity index (χ4v) is 5.22. The lowest BCUT2D eigenvalue weighted by Gasteiger charge is -2.27. The van der Waals surface area contributed by atoms with E-state index in [0.29, 0.717) is 28.9 Å². The van der Waals surface area contributed by atoms with Gasteiger partial charge < -0.3 is 10.2 Å². The first-order valence-corrected chi connectivity index (χ1v) is 11.6. The van der Waals surface area contributed by atoms with E-state index in [-0.39, 0.29) is 23.7 Å². The monoisotopic (exact) mass is 523 g/mol. The van der Waals surface area contributed by atoms with E-state index in [4.69, 9.17) is 0 Å². The topological polar surface area (TPSA) is 71.0 Å². The van der Waals surface area contributed by atoms with Crippen LogP contribution in [0.4, 0.5) is 19.1 Å². The van der Waals surface area contributed by atoms with Crippen molar-refractivity contribution in [1.82, 2.24) is 19.9 Å². The first-order chi connectivity index (χ1) is 15.3. The van der Waals surface area contributed by atoms with E-state index in [0.717, 1.165) is 29.4 Å². The predicted molar refractivity (Wildman–Crippen MR) is 117 cm³/mol. The zero-order valence-corrected chi connectivity index (χ0v) is 18.9. The first kappa shape index (κ1) is 21.3. The summed E-state index contributed by atoms with van der Waals surface area (Å²) in [6.45, 7) is 0.489. The molecule has 0 unspecified atom stereocenters. The van der Waals surface area contributed by atoms with Gasteiger partial charge in [-0.3, -0.25) is 4.79 Å². The van der Waals surface area contributed by atoms with Crippen molar-refractivity contribution in [3.05, 3.63) is 57.9 Å². The molecular weight excluding hydrogens is 507 g/mol. The van der Waals surface area contributed by atoms with Crippen LogP contribution in [0.2, 0.25) is 0 Å². The second-order valence-corrected chi connectivity index (χ2v) is 9.65. The summed E-state index contributed by atoms with van der Waals surface area (Å²) in [5.74, 6) is 0.680. The van der Waals surface area contributed by atoms with Gasteiger partial charge in [0.2, 0.25) is 5.95 Å². The SMILES string of the molecule is O=C(c1ncsc1-c1cccc(C(F)(F)F)c1)N1[C@H](CNc2ncc(Br)cn2)C[C@@H]2C[C@@H]21. The number of thiazole rings is 1.